The van der Waals surface area contributed by atoms with Gasteiger partial charge >= 0.3 is 0 Å². The number of aromatic nitrogens is 1. The van der Waals surface area contributed by atoms with Gasteiger partial charge in [-0.05, 0) is 50.2 Å². The van der Waals surface area contributed by atoms with Crippen molar-refractivity contribution in [2.24, 2.45) is 0 Å². The SMILES string of the molecule is Cc1ncccc1C(=O)NC[C@@H](C)Oc1ccc(F)cc1. The molecule has 0 radical (unpaired) electrons. The molecule has 0 unspecified atom stereocenters. The Kier molecular flexibility index (Phi) is 4.87. The van der Waals surface area contributed by atoms with Crippen molar-refractivity contribution in [3.63, 3.8) is 0 Å². The highest BCUT2D eigenvalue weighted by molar-refractivity contribution is 5.95. The summed E-state index contributed by atoms with van der Waals surface area (Å²) in [6.07, 6.45) is 1.42. The van der Waals surface area contributed by atoms with E-state index in [2.05, 4.69) is 10.3 Å². The van der Waals surface area contributed by atoms with E-state index in [0.717, 1.165) is 0 Å². The van der Waals surface area contributed by atoms with Gasteiger partial charge in [-0.3, -0.25) is 9.78 Å². The first-order valence-corrected chi connectivity index (χ1v) is 6.68. The molecule has 1 amide bonds. The third kappa shape index (κ3) is 4.27. The number of aryl methyl sites for hydroxylation is 1. The van der Waals surface area contributed by atoms with Gasteiger partial charge in [0.05, 0.1) is 12.1 Å². The van der Waals surface area contributed by atoms with Crippen molar-refractivity contribution in [3.8, 4) is 5.75 Å². The summed E-state index contributed by atoms with van der Waals surface area (Å²) in [7, 11) is 0. The minimum atomic E-state index is -0.310. The van der Waals surface area contributed by atoms with E-state index in [0.29, 0.717) is 23.6 Å². The predicted molar refractivity (Wildman–Crippen MR) is 77.8 cm³/mol. The number of carbonyl (C=O) groups excluding carboxylic acids is 1. The molecule has 0 fully saturated rings. The highest BCUT2D eigenvalue weighted by Crippen LogP contribution is 2.12. The van der Waals surface area contributed by atoms with E-state index in [1.54, 1.807) is 37.4 Å². The number of halogens is 1. The fourth-order valence-corrected chi connectivity index (χ4v) is 1.84. The van der Waals surface area contributed by atoms with Crippen molar-refractivity contribution in [3.05, 3.63) is 59.7 Å². The third-order valence-corrected chi connectivity index (χ3v) is 2.95. The Labute approximate surface area is 123 Å². The number of rotatable bonds is 5. The van der Waals surface area contributed by atoms with Crippen LogP contribution in [0.15, 0.2) is 42.6 Å². The molecule has 0 saturated carbocycles. The molecule has 1 aromatic heterocycles. The maximum absolute atomic E-state index is 12.8. The van der Waals surface area contributed by atoms with Crippen LogP contribution in [0.2, 0.25) is 0 Å². The number of benzene rings is 1. The lowest BCUT2D eigenvalue weighted by molar-refractivity contribution is 0.0931. The van der Waals surface area contributed by atoms with Gasteiger partial charge in [-0.25, -0.2) is 4.39 Å². The van der Waals surface area contributed by atoms with Crippen molar-refractivity contribution in [1.29, 1.82) is 0 Å². The third-order valence-electron chi connectivity index (χ3n) is 2.95. The van der Waals surface area contributed by atoms with Crippen LogP contribution in [0.3, 0.4) is 0 Å². The standard InChI is InChI=1S/C16H17FN2O2/c1-11(21-14-7-5-13(17)6-8-14)10-19-16(20)15-4-3-9-18-12(15)2/h3-9,11H,10H2,1-2H3,(H,19,20)/t11-/m1/s1. The second kappa shape index (κ2) is 6.83. The molecule has 21 heavy (non-hydrogen) atoms. The molecule has 1 N–H and O–H groups in total. The van der Waals surface area contributed by atoms with E-state index in [1.807, 2.05) is 6.92 Å². The summed E-state index contributed by atoms with van der Waals surface area (Å²) >= 11 is 0. The van der Waals surface area contributed by atoms with Gasteiger partial charge in [-0.1, -0.05) is 0 Å². The Bertz CT molecular complexity index is 614. The van der Waals surface area contributed by atoms with Gasteiger partial charge in [0, 0.05) is 11.9 Å². The molecule has 0 bridgehead atoms. The lowest BCUT2D eigenvalue weighted by Gasteiger charge is -2.15. The predicted octanol–water partition coefficient (Wildman–Crippen LogP) is 2.73. The van der Waals surface area contributed by atoms with Crippen molar-refractivity contribution in [2.45, 2.75) is 20.0 Å². The number of pyridine rings is 1. The highest BCUT2D eigenvalue weighted by Gasteiger charge is 2.11. The van der Waals surface area contributed by atoms with E-state index in [1.165, 1.54) is 12.1 Å². The minimum absolute atomic E-state index is 0.185. The van der Waals surface area contributed by atoms with Gasteiger partial charge in [0.25, 0.3) is 5.91 Å². The number of amides is 1. The molecule has 0 aliphatic rings. The zero-order chi connectivity index (χ0) is 15.2. The topological polar surface area (TPSA) is 51.2 Å². The van der Waals surface area contributed by atoms with Gasteiger partial charge in [0.2, 0.25) is 0 Å². The van der Waals surface area contributed by atoms with E-state index < -0.39 is 0 Å². The van der Waals surface area contributed by atoms with Crippen molar-refractivity contribution < 1.29 is 13.9 Å². The molecule has 1 aromatic carbocycles. The molecule has 0 aliphatic heterocycles. The Balaban J connectivity index is 1.86. The summed E-state index contributed by atoms with van der Waals surface area (Å²) in [5.41, 5.74) is 1.23. The maximum atomic E-state index is 12.8. The van der Waals surface area contributed by atoms with E-state index in [9.17, 15) is 9.18 Å². The van der Waals surface area contributed by atoms with Gasteiger partial charge in [0.15, 0.2) is 0 Å². The molecule has 5 heteroatoms. The Morgan fingerprint density at radius 1 is 1.33 bits per heavy atom. The molecule has 1 heterocycles. The Morgan fingerprint density at radius 3 is 2.71 bits per heavy atom. The van der Waals surface area contributed by atoms with Crippen molar-refractivity contribution in [1.82, 2.24) is 10.3 Å². The molecular formula is C16H17FN2O2. The van der Waals surface area contributed by atoms with Gasteiger partial charge < -0.3 is 10.1 Å². The van der Waals surface area contributed by atoms with Crippen LogP contribution in [0.5, 0.6) is 5.75 Å². The zero-order valence-electron chi connectivity index (χ0n) is 12.0. The maximum Gasteiger partial charge on any atom is 0.253 e. The first kappa shape index (κ1) is 15.0. The fourth-order valence-electron chi connectivity index (χ4n) is 1.84. The summed E-state index contributed by atoms with van der Waals surface area (Å²) in [5.74, 6) is 0.0706. The van der Waals surface area contributed by atoms with Crippen LogP contribution >= 0.6 is 0 Å². The monoisotopic (exact) mass is 288 g/mol. The van der Waals surface area contributed by atoms with Crippen molar-refractivity contribution >= 4 is 5.91 Å². The molecule has 0 spiro atoms. The first-order chi connectivity index (χ1) is 10.1. The number of ether oxygens (including phenoxy) is 1. The molecule has 0 saturated heterocycles. The summed E-state index contributed by atoms with van der Waals surface area (Å²) in [5, 5.41) is 2.79. The lowest BCUT2D eigenvalue weighted by Crippen LogP contribution is -2.34. The normalized spacial score (nSPS) is 11.8. The quantitative estimate of drug-likeness (QED) is 0.920. The second-order valence-corrected chi connectivity index (χ2v) is 4.73. The number of nitrogens with zero attached hydrogens (tertiary/aromatic N) is 1. The summed E-state index contributed by atoms with van der Waals surface area (Å²) in [6, 6.07) is 9.22. The summed E-state index contributed by atoms with van der Waals surface area (Å²) in [6.45, 7) is 3.97. The molecule has 110 valence electrons. The first-order valence-electron chi connectivity index (χ1n) is 6.68. The van der Waals surface area contributed by atoms with Crippen LogP contribution in [-0.4, -0.2) is 23.5 Å². The molecule has 1 atom stereocenters. The minimum Gasteiger partial charge on any atom is -0.489 e. The Hall–Kier alpha value is -2.43. The largest absolute Gasteiger partial charge is 0.489 e. The van der Waals surface area contributed by atoms with E-state index in [4.69, 9.17) is 4.74 Å². The summed E-state index contributed by atoms with van der Waals surface area (Å²) < 4.78 is 18.4. The van der Waals surface area contributed by atoms with Crippen LogP contribution < -0.4 is 10.1 Å². The van der Waals surface area contributed by atoms with Crippen LogP contribution in [0, 0.1) is 12.7 Å². The van der Waals surface area contributed by atoms with Crippen LogP contribution in [0.4, 0.5) is 4.39 Å². The number of carbonyl (C=O) groups is 1. The van der Waals surface area contributed by atoms with Crippen molar-refractivity contribution in [2.75, 3.05) is 6.54 Å². The molecule has 2 aromatic rings. The average Bonchev–Trinajstić information content (AvgIpc) is 2.48. The molecule has 0 aliphatic carbocycles. The Morgan fingerprint density at radius 2 is 2.05 bits per heavy atom. The molecular weight excluding hydrogens is 271 g/mol. The zero-order valence-corrected chi connectivity index (χ0v) is 12.0. The second-order valence-electron chi connectivity index (χ2n) is 4.73. The number of hydrogen-bond acceptors (Lipinski definition) is 3. The lowest BCUT2D eigenvalue weighted by atomic mass is 10.2. The smallest absolute Gasteiger partial charge is 0.253 e. The van der Waals surface area contributed by atoms with Gasteiger partial charge in [-0.15, -0.1) is 0 Å². The van der Waals surface area contributed by atoms with E-state index in [-0.39, 0.29) is 17.8 Å². The van der Waals surface area contributed by atoms with Gasteiger partial charge in [-0.2, -0.15) is 0 Å². The average molecular weight is 288 g/mol. The van der Waals surface area contributed by atoms with E-state index >= 15 is 0 Å². The number of hydrogen-bond donors (Lipinski definition) is 1. The van der Waals surface area contributed by atoms with Gasteiger partial charge in [0.1, 0.15) is 17.7 Å². The molecule has 2 rings (SSSR count). The number of nitrogens with one attached hydrogen (secondary N) is 1. The highest BCUT2D eigenvalue weighted by atomic mass is 19.1. The molecule has 4 nitrogen and oxygen atoms in total. The van der Waals surface area contributed by atoms with Crippen LogP contribution in [0.25, 0.3) is 0 Å². The fraction of sp³-hybridized carbons (Fsp3) is 0.250. The van der Waals surface area contributed by atoms with Crippen LogP contribution in [0.1, 0.15) is 23.0 Å². The van der Waals surface area contributed by atoms with Crippen LogP contribution in [-0.2, 0) is 0 Å². The summed E-state index contributed by atoms with van der Waals surface area (Å²) in [4.78, 5) is 16.1.